The van der Waals surface area contributed by atoms with Crippen LogP contribution in [0.2, 0.25) is 0 Å². The summed E-state index contributed by atoms with van der Waals surface area (Å²) in [5, 5.41) is 0. The van der Waals surface area contributed by atoms with Gasteiger partial charge < -0.3 is 33.5 Å². The Hall–Kier alpha value is -4.25. The van der Waals surface area contributed by atoms with Gasteiger partial charge >= 0.3 is 6.09 Å². The fraction of sp³-hybridized carbons (Fsp3) is 0.414. The van der Waals surface area contributed by atoms with Gasteiger partial charge in [0.05, 0.1) is 39.2 Å². The largest absolute Gasteiger partial charge is 0.496 e. The van der Waals surface area contributed by atoms with Gasteiger partial charge in [0.25, 0.3) is 5.91 Å². The normalized spacial score (nSPS) is 22.6. The summed E-state index contributed by atoms with van der Waals surface area (Å²) < 4.78 is 29.8. The third-order valence-corrected chi connectivity index (χ3v) is 7.80. The fourth-order valence-electron chi connectivity index (χ4n) is 6.28. The first-order valence-electron chi connectivity index (χ1n) is 13.1. The van der Waals surface area contributed by atoms with Crippen molar-refractivity contribution in [2.24, 2.45) is 0 Å². The molecule has 1 saturated heterocycles. The standard InChI is InChI=1S/C29H31N3O8/c1-14(2)39-29(35)30-11-19-25-22-21(26(38-6)24(37-5)15(3)23(22)36-4)18(32(19)20(33)13-30)12-31-27(34)16-9-7-8-10-17(16)28(31)40-25/h7-11,14,18,25,28H,12-13H2,1-6H3/t18-,25-,28-/m0/s1. The second-order valence-corrected chi connectivity index (χ2v) is 10.4. The molecule has 7 rings (SSSR count). The molecule has 11 heteroatoms. The second-order valence-electron chi connectivity index (χ2n) is 10.4. The molecule has 40 heavy (non-hydrogen) atoms. The van der Waals surface area contributed by atoms with Crippen LogP contribution in [-0.4, -0.2) is 73.1 Å². The van der Waals surface area contributed by atoms with Crippen molar-refractivity contribution in [2.75, 3.05) is 34.4 Å². The number of carbonyl (C=O) groups excluding carboxylic acids is 3. The summed E-state index contributed by atoms with van der Waals surface area (Å²) in [7, 11) is 4.64. The molecule has 210 valence electrons. The Kier molecular flexibility index (Phi) is 6.14. The highest BCUT2D eigenvalue weighted by atomic mass is 16.6. The van der Waals surface area contributed by atoms with Crippen LogP contribution in [0.25, 0.3) is 0 Å². The van der Waals surface area contributed by atoms with E-state index in [0.29, 0.717) is 45.2 Å². The van der Waals surface area contributed by atoms with E-state index in [2.05, 4.69) is 0 Å². The Bertz CT molecular complexity index is 1470. The maximum atomic E-state index is 13.8. The van der Waals surface area contributed by atoms with Crippen LogP contribution in [0.1, 0.15) is 64.8 Å². The predicted octanol–water partition coefficient (Wildman–Crippen LogP) is 3.83. The summed E-state index contributed by atoms with van der Waals surface area (Å²) in [5.74, 6) is 0.894. The molecule has 2 aromatic carbocycles. The summed E-state index contributed by atoms with van der Waals surface area (Å²) in [4.78, 5) is 44.9. The summed E-state index contributed by atoms with van der Waals surface area (Å²) in [6.07, 6.45) is -0.995. The zero-order chi connectivity index (χ0) is 28.5. The first-order chi connectivity index (χ1) is 19.2. The van der Waals surface area contributed by atoms with Crippen LogP contribution in [-0.2, 0) is 14.3 Å². The van der Waals surface area contributed by atoms with Crippen LogP contribution in [0.3, 0.4) is 0 Å². The van der Waals surface area contributed by atoms with Crippen LogP contribution >= 0.6 is 0 Å². The summed E-state index contributed by atoms with van der Waals surface area (Å²) in [6.45, 7) is 5.24. The Morgan fingerprint density at radius 2 is 1.70 bits per heavy atom. The van der Waals surface area contributed by atoms with Crippen LogP contribution in [0.15, 0.2) is 36.2 Å². The number of nitrogens with zero attached hydrogens (tertiary/aromatic N) is 3. The Morgan fingerprint density at radius 1 is 1.00 bits per heavy atom. The first-order valence-corrected chi connectivity index (χ1v) is 13.1. The van der Waals surface area contributed by atoms with Gasteiger partial charge in [0.2, 0.25) is 5.91 Å². The number of rotatable bonds is 4. The van der Waals surface area contributed by atoms with E-state index in [1.54, 1.807) is 50.1 Å². The molecule has 0 radical (unpaired) electrons. The molecule has 2 bridgehead atoms. The van der Waals surface area contributed by atoms with Crippen LogP contribution in [0.4, 0.5) is 4.79 Å². The van der Waals surface area contributed by atoms with E-state index >= 15 is 0 Å². The van der Waals surface area contributed by atoms with Crippen LogP contribution in [0.5, 0.6) is 17.2 Å². The molecule has 0 aromatic heterocycles. The number of ether oxygens (including phenoxy) is 5. The van der Waals surface area contributed by atoms with Crippen molar-refractivity contribution in [3.05, 3.63) is 64.0 Å². The zero-order valence-corrected chi connectivity index (χ0v) is 23.2. The van der Waals surface area contributed by atoms with Crippen molar-refractivity contribution in [3.8, 4) is 17.2 Å². The van der Waals surface area contributed by atoms with Gasteiger partial charge in [-0.2, -0.15) is 0 Å². The molecule has 0 unspecified atom stereocenters. The van der Waals surface area contributed by atoms with E-state index in [9.17, 15) is 14.4 Å². The smallest absolute Gasteiger partial charge is 0.414 e. The minimum Gasteiger partial charge on any atom is -0.496 e. The van der Waals surface area contributed by atoms with Crippen molar-refractivity contribution in [1.82, 2.24) is 14.7 Å². The molecule has 3 atom stereocenters. The molecule has 0 N–H and O–H groups in total. The van der Waals surface area contributed by atoms with Crippen molar-refractivity contribution in [3.63, 3.8) is 0 Å². The number of carbonyl (C=O) groups is 3. The summed E-state index contributed by atoms with van der Waals surface area (Å²) in [6, 6.07) is 6.65. The molecule has 1 fully saturated rings. The maximum Gasteiger partial charge on any atom is 0.414 e. The molecular formula is C29H31N3O8. The predicted molar refractivity (Wildman–Crippen MR) is 141 cm³/mol. The third kappa shape index (κ3) is 3.57. The fourth-order valence-corrected chi connectivity index (χ4v) is 6.28. The van der Waals surface area contributed by atoms with E-state index in [-0.39, 0.29) is 31.0 Å². The molecule has 11 nitrogen and oxygen atoms in total. The number of amides is 3. The Balaban J connectivity index is 1.63. The summed E-state index contributed by atoms with van der Waals surface area (Å²) in [5.41, 5.74) is 3.73. The van der Waals surface area contributed by atoms with Crippen LogP contribution in [0, 0.1) is 6.92 Å². The van der Waals surface area contributed by atoms with Crippen molar-refractivity contribution < 1.29 is 38.1 Å². The summed E-state index contributed by atoms with van der Waals surface area (Å²) >= 11 is 0. The van der Waals surface area contributed by atoms with Gasteiger partial charge in [0, 0.05) is 40.6 Å². The van der Waals surface area contributed by atoms with E-state index in [0.717, 1.165) is 5.56 Å². The highest BCUT2D eigenvalue weighted by Gasteiger charge is 2.54. The lowest BCUT2D eigenvalue weighted by molar-refractivity contribution is -0.147. The van der Waals surface area contributed by atoms with Gasteiger partial charge in [-0.05, 0) is 26.8 Å². The molecule has 0 aliphatic carbocycles. The zero-order valence-electron chi connectivity index (χ0n) is 23.2. The van der Waals surface area contributed by atoms with Crippen molar-refractivity contribution in [2.45, 2.75) is 45.2 Å². The molecular weight excluding hydrogens is 518 g/mol. The average Bonchev–Trinajstić information content (AvgIpc) is 3.16. The Labute approximate surface area is 231 Å². The van der Waals surface area contributed by atoms with Crippen LogP contribution < -0.4 is 14.2 Å². The third-order valence-electron chi connectivity index (χ3n) is 7.80. The minimum atomic E-state index is -0.898. The molecule has 5 aliphatic rings. The number of hydrogen-bond donors (Lipinski definition) is 0. The molecule has 5 aliphatic heterocycles. The molecule has 2 aromatic rings. The minimum absolute atomic E-state index is 0.114. The van der Waals surface area contributed by atoms with Crippen molar-refractivity contribution >= 4 is 17.9 Å². The topological polar surface area (TPSA) is 107 Å². The van der Waals surface area contributed by atoms with Gasteiger partial charge in [-0.25, -0.2) is 4.79 Å². The van der Waals surface area contributed by atoms with Gasteiger partial charge in [0.15, 0.2) is 17.7 Å². The molecule has 0 spiro atoms. The van der Waals surface area contributed by atoms with Crippen molar-refractivity contribution in [1.29, 1.82) is 0 Å². The average molecular weight is 550 g/mol. The lowest BCUT2D eigenvalue weighted by atomic mass is 9.83. The second kappa shape index (κ2) is 9.44. The highest BCUT2D eigenvalue weighted by Crippen LogP contribution is 2.59. The first kappa shape index (κ1) is 26.0. The van der Waals surface area contributed by atoms with Gasteiger partial charge in [0.1, 0.15) is 18.4 Å². The number of hydrogen-bond acceptors (Lipinski definition) is 8. The maximum absolute atomic E-state index is 13.8. The SMILES string of the molecule is COc1c(C)c(OC)c2c(c1OC)[C@@H]1CN3C(=O)c4ccccc4[C@@H]3O[C@H]2C2=CN(C(=O)OC(C)C)CC(=O)N21. The van der Waals surface area contributed by atoms with Gasteiger partial charge in [-0.1, -0.05) is 18.2 Å². The molecule has 0 saturated carbocycles. The lowest BCUT2D eigenvalue weighted by Gasteiger charge is -2.51. The van der Waals surface area contributed by atoms with E-state index in [4.69, 9.17) is 23.7 Å². The number of fused-ring (bicyclic) bond motifs is 1. The monoisotopic (exact) mass is 549 g/mol. The van der Waals surface area contributed by atoms with E-state index in [1.807, 2.05) is 25.1 Å². The quantitative estimate of drug-likeness (QED) is 0.567. The van der Waals surface area contributed by atoms with E-state index < -0.39 is 24.5 Å². The lowest BCUT2D eigenvalue weighted by Crippen LogP contribution is -2.55. The Morgan fingerprint density at radius 3 is 2.38 bits per heavy atom. The highest BCUT2D eigenvalue weighted by molar-refractivity contribution is 5.99. The van der Waals surface area contributed by atoms with E-state index in [1.165, 1.54) is 12.0 Å². The van der Waals surface area contributed by atoms with Gasteiger partial charge in [-0.15, -0.1) is 0 Å². The number of methoxy groups -OCH3 is 3. The van der Waals surface area contributed by atoms with Gasteiger partial charge in [-0.3, -0.25) is 14.5 Å². The molecule has 3 amide bonds. The molecule has 5 heterocycles. The number of benzene rings is 2.